The lowest BCUT2D eigenvalue weighted by Gasteiger charge is -2.04. The predicted molar refractivity (Wildman–Crippen MR) is 54.7 cm³/mol. The van der Waals surface area contributed by atoms with Gasteiger partial charge in [0.05, 0.1) is 19.4 Å². The molecule has 1 atom stereocenters. The molecular weight excluding hydrogens is 220 g/mol. The summed E-state index contributed by atoms with van der Waals surface area (Å²) in [5, 5.41) is 0. The number of carbonyl (C=O) groups excluding carboxylic acids is 2. The molecule has 0 amide bonds. The predicted octanol–water partition coefficient (Wildman–Crippen LogP) is 0.182. The standard InChI is InChI=1S/C9H14O5S/c10-8(14-6-7-5-13-7)1-3-12-9(11)2-4-15/h7,15H,1-6H2. The first kappa shape index (κ1) is 12.3. The van der Waals surface area contributed by atoms with Crippen molar-refractivity contribution in [2.75, 3.05) is 25.6 Å². The first-order valence-electron chi connectivity index (χ1n) is 4.76. The number of hydrogen-bond acceptors (Lipinski definition) is 6. The maximum absolute atomic E-state index is 11.0. The van der Waals surface area contributed by atoms with Gasteiger partial charge in [0.1, 0.15) is 19.3 Å². The van der Waals surface area contributed by atoms with Gasteiger partial charge in [-0.25, -0.2) is 0 Å². The van der Waals surface area contributed by atoms with Crippen molar-refractivity contribution in [3.63, 3.8) is 0 Å². The second kappa shape index (κ2) is 6.68. The molecule has 1 fully saturated rings. The molecule has 0 aromatic rings. The van der Waals surface area contributed by atoms with Crippen molar-refractivity contribution in [3.05, 3.63) is 0 Å². The number of hydrogen-bond donors (Lipinski definition) is 1. The van der Waals surface area contributed by atoms with Crippen molar-refractivity contribution < 1.29 is 23.8 Å². The molecule has 1 saturated heterocycles. The number of esters is 2. The Kier molecular flexibility index (Phi) is 5.49. The molecule has 0 aromatic carbocycles. The van der Waals surface area contributed by atoms with E-state index in [9.17, 15) is 9.59 Å². The molecule has 15 heavy (non-hydrogen) atoms. The maximum Gasteiger partial charge on any atom is 0.309 e. The molecule has 0 aromatic heterocycles. The minimum atomic E-state index is -0.371. The fraction of sp³-hybridized carbons (Fsp3) is 0.778. The fourth-order valence-corrected chi connectivity index (χ4v) is 1.02. The highest BCUT2D eigenvalue weighted by molar-refractivity contribution is 7.80. The van der Waals surface area contributed by atoms with Gasteiger partial charge >= 0.3 is 11.9 Å². The Morgan fingerprint density at radius 3 is 2.53 bits per heavy atom. The Morgan fingerprint density at radius 1 is 1.27 bits per heavy atom. The lowest BCUT2D eigenvalue weighted by molar-refractivity contribution is -0.149. The summed E-state index contributed by atoms with van der Waals surface area (Å²) in [5.74, 6) is -0.269. The minimum absolute atomic E-state index is 0.0664. The SMILES string of the molecule is O=C(CCS)OCCC(=O)OCC1CO1. The van der Waals surface area contributed by atoms with Gasteiger partial charge in [0.15, 0.2) is 0 Å². The van der Waals surface area contributed by atoms with Crippen LogP contribution >= 0.6 is 12.6 Å². The maximum atomic E-state index is 11.0. The van der Waals surface area contributed by atoms with Crippen LogP contribution in [0.2, 0.25) is 0 Å². The average molecular weight is 234 g/mol. The summed E-state index contributed by atoms with van der Waals surface area (Å²) in [6.07, 6.45) is 0.416. The summed E-state index contributed by atoms with van der Waals surface area (Å²) in [6.45, 7) is 1.02. The molecule has 1 aliphatic heterocycles. The van der Waals surface area contributed by atoms with E-state index < -0.39 is 0 Å². The van der Waals surface area contributed by atoms with Crippen LogP contribution in [0.3, 0.4) is 0 Å². The van der Waals surface area contributed by atoms with Crippen molar-refractivity contribution in [1.29, 1.82) is 0 Å². The highest BCUT2D eigenvalue weighted by atomic mass is 32.1. The van der Waals surface area contributed by atoms with Crippen LogP contribution in [0, 0.1) is 0 Å². The molecule has 0 aliphatic carbocycles. The largest absolute Gasteiger partial charge is 0.465 e. The monoisotopic (exact) mass is 234 g/mol. The van der Waals surface area contributed by atoms with Crippen LogP contribution < -0.4 is 0 Å². The zero-order valence-corrected chi connectivity index (χ0v) is 9.20. The molecule has 5 nitrogen and oxygen atoms in total. The zero-order valence-electron chi connectivity index (χ0n) is 8.31. The van der Waals surface area contributed by atoms with E-state index in [1.165, 1.54) is 0 Å². The van der Waals surface area contributed by atoms with Gasteiger partial charge in [-0.1, -0.05) is 0 Å². The van der Waals surface area contributed by atoms with Gasteiger partial charge in [0.25, 0.3) is 0 Å². The van der Waals surface area contributed by atoms with Crippen LogP contribution in [-0.2, 0) is 23.8 Å². The normalized spacial score (nSPS) is 18.3. The smallest absolute Gasteiger partial charge is 0.309 e. The van der Waals surface area contributed by atoms with Gasteiger partial charge in [-0.05, 0) is 0 Å². The Morgan fingerprint density at radius 2 is 1.93 bits per heavy atom. The summed E-state index contributed by atoms with van der Waals surface area (Å²) < 4.78 is 14.5. The summed E-state index contributed by atoms with van der Waals surface area (Å²) in [5.41, 5.74) is 0. The lowest BCUT2D eigenvalue weighted by Crippen LogP contribution is -2.14. The van der Waals surface area contributed by atoms with Gasteiger partial charge in [-0.3, -0.25) is 9.59 Å². The zero-order chi connectivity index (χ0) is 11.1. The highest BCUT2D eigenvalue weighted by Gasteiger charge is 2.24. The summed E-state index contributed by atoms with van der Waals surface area (Å²) in [7, 11) is 0. The van der Waals surface area contributed by atoms with Crippen molar-refractivity contribution in [2.45, 2.75) is 18.9 Å². The van der Waals surface area contributed by atoms with E-state index in [0.29, 0.717) is 19.0 Å². The number of rotatable bonds is 7. The molecule has 0 bridgehead atoms. The van der Waals surface area contributed by atoms with Crippen molar-refractivity contribution in [3.8, 4) is 0 Å². The van der Waals surface area contributed by atoms with Crippen LogP contribution in [-0.4, -0.2) is 43.6 Å². The van der Waals surface area contributed by atoms with Crippen LogP contribution in [0.25, 0.3) is 0 Å². The number of thiol groups is 1. The number of epoxide rings is 1. The Balaban J connectivity index is 1.93. The Labute approximate surface area is 93.5 Å². The summed E-state index contributed by atoms with van der Waals surface area (Å²) in [4.78, 5) is 21.9. The molecule has 0 radical (unpaired) electrons. The van der Waals surface area contributed by atoms with Gasteiger partial charge in [0, 0.05) is 5.75 Å². The van der Waals surface area contributed by atoms with Gasteiger partial charge < -0.3 is 14.2 Å². The van der Waals surface area contributed by atoms with Gasteiger partial charge in [-0.15, -0.1) is 0 Å². The molecule has 1 aliphatic rings. The van der Waals surface area contributed by atoms with E-state index in [2.05, 4.69) is 12.6 Å². The fourth-order valence-electron chi connectivity index (χ4n) is 0.834. The third kappa shape index (κ3) is 6.35. The van der Waals surface area contributed by atoms with Crippen LogP contribution in [0.15, 0.2) is 0 Å². The lowest BCUT2D eigenvalue weighted by atomic mass is 10.4. The molecule has 0 N–H and O–H groups in total. The van der Waals surface area contributed by atoms with Crippen molar-refractivity contribution in [2.24, 2.45) is 0 Å². The second-order valence-electron chi connectivity index (χ2n) is 3.08. The molecular formula is C9H14O5S. The summed E-state index contributed by atoms with van der Waals surface area (Å²) in [6, 6.07) is 0. The van der Waals surface area contributed by atoms with E-state index >= 15 is 0 Å². The van der Waals surface area contributed by atoms with Gasteiger partial charge in [0.2, 0.25) is 0 Å². The van der Waals surface area contributed by atoms with E-state index in [1.54, 1.807) is 0 Å². The molecule has 0 saturated carbocycles. The van der Waals surface area contributed by atoms with Crippen molar-refractivity contribution in [1.82, 2.24) is 0 Å². The third-order valence-electron chi connectivity index (χ3n) is 1.72. The quantitative estimate of drug-likeness (QED) is 0.387. The Bertz CT molecular complexity index is 227. The van der Waals surface area contributed by atoms with Gasteiger partial charge in [-0.2, -0.15) is 12.6 Å². The van der Waals surface area contributed by atoms with Crippen molar-refractivity contribution >= 4 is 24.6 Å². The van der Waals surface area contributed by atoms with Crippen LogP contribution in [0.4, 0.5) is 0 Å². The summed E-state index contributed by atoms with van der Waals surface area (Å²) >= 11 is 3.88. The first-order chi connectivity index (χ1) is 7.22. The second-order valence-corrected chi connectivity index (χ2v) is 3.53. The van der Waals surface area contributed by atoms with E-state index in [0.717, 1.165) is 0 Å². The molecule has 6 heteroatoms. The molecule has 1 unspecified atom stereocenters. The number of ether oxygens (including phenoxy) is 3. The Hall–Kier alpha value is -0.750. The van der Waals surface area contributed by atoms with E-state index in [1.807, 2.05) is 0 Å². The number of carbonyl (C=O) groups is 2. The van der Waals surface area contributed by atoms with E-state index in [-0.39, 0.29) is 37.5 Å². The first-order valence-corrected chi connectivity index (χ1v) is 5.39. The highest BCUT2D eigenvalue weighted by Crippen LogP contribution is 2.08. The third-order valence-corrected chi connectivity index (χ3v) is 1.94. The minimum Gasteiger partial charge on any atom is -0.465 e. The van der Waals surface area contributed by atoms with Crippen LogP contribution in [0.1, 0.15) is 12.8 Å². The molecule has 1 heterocycles. The molecule has 0 spiro atoms. The van der Waals surface area contributed by atoms with Crippen LogP contribution in [0.5, 0.6) is 0 Å². The van der Waals surface area contributed by atoms with E-state index in [4.69, 9.17) is 14.2 Å². The average Bonchev–Trinajstić information content (AvgIpc) is 2.98. The molecule has 1 rings (SSSR count). The molecule has 86 valence electrons. The topological polar surface area (TPSA) is 65.1 Å².